The lowest BCUT2D eigenvalue weighted by molar-refractivity contribution is -0.137. The zero-order valence-electron chi connectivity index (χ0n) is 17.4. The summed E-state index contributed by atoms with van der Waals surface area (Å²) in [7, 11) is 0. The number of anilines is 1. The van der Waals surface area contributed by atoms with Crippen LogP contribution in [0.3, 0.4) is 0 Å². The molecule has 0 bridgehead atoms. The summed E-state index contributed by atoms with van der Waals surface area (Å²) in [6.45, 7) is 2.87. The van der Waals surface area contributed by atoms with Crippen LogP contribution < -0.4 is 15.0 Å². The largest absolute Gasteiger partial charge is 0.489 e. The fourth-order valence-electron chi connectivity index (χ4n) is 3.93. The highest BCUT2D eigenvalue weighted by Crippen LogP contribution is 2.31. The zero-order chi connectivity index (χ0) is 22.6. The van der Waals surface area contributed by atoms with E-state index in [1.165, 1.54) is 17.7 Å². The van der Waals surface area contributed by atoms with Gasteiger partial charge in [-0.15, -0.1) is 0 Å². The van der Waals surface area contributed by atoms with E-state index in [1.54, 1.807) is 0 Å². The number of ether oxygens (including phenoxy) is 1. The topological polar surface area (TPSA) is 24.5 Å². The number of halogens is 4. The molecule has 168 valence electrons. The number of rotatable bonds is 7. The van der Waals surface area contributed by atoms with Crippen LogP contribution in [0, 0.1) is 5.92 Å². The van der Waals surface area contributed by atoms with Crippen molar-refractivity contribution in [3.8, 4) is 5.75 Å². The predicted octanol–water partition coefficient (Wildman–Crippen LogP) is 6.03. The van der Waals surface area contributed by atoms with Gasteiger partial charge in [0.1, 0.15) is 11.9 Å². The quantitative estimate of drug-likeness (QED) is 0.465. The molecule has 0 radical (unpaired) electrons. The van der Waals surface area contributed by atoms with Crippen molar-refractivity contribution in [2.75, 3.05) is 24.5 Å². The molecule has 0 aromatic heterocycles. The van der Waals surface area contributed by atoms with Crippen LogP contribution in [0.4, 0.5) is 18.9 Å². The first-order chi connectivity index (χ1) is 15.4. The summed E-state index contributed by atoms with van der Waals surface area (Å²) in [4.78, 5) is 2.28. The van der Waals surface area contributed by atoms with Gasteiger partial charge in [0.15, 0.2) is 0 Å². The van der Waals surface area contributed by atoms with Crippen molar-refractivity contribution in [1.29, 1.82) is 0 Å². The van der Waals surface area contributed by atoms with E-state index in [1.807, 2.05) is 42.5 Å². The van der Waals surface area contributed by atoms with Gasteiger partial charge in [0.05, 0.1) is 5.56 Å². The highest BCUT2D eigenvalue weighted by molar-refractivity contribution is 6.30. The van der Waals surface area contributed by atoms with Crippen LogP contribution in [-0.4, -0.2) is 25.7 Å². The van der Waals surface area contributed by atoms with E-state index < -0.39 is 11.7 Å². The van der Waals surface area contributed by atoms with Crippen molar-refractivity contribution in [3.05, 3.63) is 95.0 Å². The summed E-state index contributed by atoms with van der Waals surface area (Å²) in [6, 6.07) is 22.8. The summed E-state index contributed by atoms with van der Waals surface area (Å²) in [5.74, 6) is 0.606. The van der Waals surface area contributed by atoms with Crippen LogP contribution in [-0.2, 0) is 12.7 Å². The fraction of sp³-hybridized carbons (Fsp3) is 0.280. The minimum Gasteiger partial charge on any atom is -0.489 e. The van der Waals surface area contributed by atoms with E-state index in [-0.39, 0.29) is 12.0 Å². The second kappa shape index (κ2) is 9.84. The summed E-state index contributed by atoms with van der Waals surface area (Å²) in [6.07, 6.45) is -4.50. The Morgan fingerprint density at radius 1 is 0.906 bits per heavy atom. The van der Waals surface area contributed by atoms with Crippen molar-refractivity contribution in [1.82, 2.24) is 5.32 Å². The molecule has 3 aromatic carbocycles. The van der Waals surface area contributed by atoms with Gasteiger partial charge >= 0.3 is 6.18 Å². The van der Waals surface area contributed by atoms with E-state index in [0.717, 1.165) is 37.5 Å². The summed E-state index contributed by atoms with van der Waals surface area (Å²) in [5.41, 5.74) is 1.56. The summed E-state index contributed by atoms with van der Waals surface area (Å²) >= 11 is 6.08. The molecule has 0 unspecified atom stereocenters. The van der Waals surface area contributed by atoms with Crippen LogP contribution in [0.25, 0.3) is 0 Å². The first kappa shape index (κ1) is 22.5. The molecule has 0 spiro atoms. The van der Waals surface area contributed by atoms with Gasteiger partial charge in [0, 0.05) is 42.8 Å². The molecule has 3 nitrogen and oxygen atoms in total. The maximum atomic E-state index is 12.8. The molecule has 1 fully saturated rings. The second-order valence-electron chi connectivity index (χ2n) is 7.94. The van der Waals surface area contributed by atoms with Crippen LogP contribution in [0.1, 0.15) is 11.1 Å². The fourth-order valence-corrected chi connectivity index (χ4v) is 4.05. The Kier molecular flexibility index (Phi) is 6.92. The molecule has 1 aliphatic heterocycles. The van der Waals surface area contributed by atoms with Crippen molar-refractivity contribution < 1.29 is 17.9 Å². The number of nitrogens with zero attached hydrogens (tertiary/aromatic N) is 1. The average molecular weight is 461 g/mol. The molecule has 7 heteroatoms. The molecule has 32 heavy (non-hydrogen) atoms. The van der Waals surface area contributed by atoms with Gasteiger partial charge < -0.3 is 15.0 Å². The first-order valence-corrected chi connectivity index (χ1v) is 10.9. The van der Waals surface area contributed by atoms with E-state index in [9.17, 15) is 13.2 Å². The Labute approximate surface area is 190 Å². The molecule has 0 saturated carbocycles. The van der Waals surface area contributed by atoms with Crippen molar-refractivity contribution in [3.63, 3.8) is 0 Å². The predicted molar refractivity (Wildman–Crippen MR) is 121 cm³/mol. The molecule has 0 amide bonds. The van der Waals surface area contributed by atoms with E-state index >= 15 is 0 Å². The Hall–Kier alpha value is -2.70. The maximum absolute atomic E-state index is 12.8. The Balaban J connectivity index is 1.48. The van der Waals surface area contributed by atoms with Gasteiger partial charge in [0.2, 0.25) is 0 Å². The molecule has 2 atom stereocenters. The Morgan fingerprint density at radius 2 is 1.59 bits per heavy atom. The van der Waals surface area contributed by atoms with Crippen LogP contribution in [0.15, 0.2) is 78.9 Å². The zero-order valence-corrected chi connectivity index (χ0v) is 18.1. The van der Waals surface area contributed by atoms with E-state index in [4.69, 9.17) is 16.3 Å². The highest BCUT2D eigenvalue weighted by atomic mass is 35.5. The van der Waals surface area contributed by atoms with E-state index in [0.29, 0.717) is 17.3 Å². The second-order valence-corrected chi connectivity index (χ2v) is 8.38. The lowest BCUT2D eigenvalue weighted by Crippen LogP contribution is -2.37. The molecule has 0 aliphatic carbocycles. The Morgan fingerprint density at radius 3 is 2.25 bits per heavy atom. The lowest BCUT2D eigenvalue weighted by atomic mass is 10.0. The van der Waals surface area contributed by atoms with Crippen LogP contribution >= 0.6 is 11.6 Å². The number of alkyl halides is 3. The Bertz CT molecular complexity index is 994. The first-order valence-electron chi connectivity index (χ1n) is 10.5. The van der Waals surface area contributed by atoms with Crippen molar-refractivity contribution >= 4 is 17.3 Å². The molecule has 3 aromatic rings. The minimum absolute atomic E-state index is 0.141. The molecule has 1 N–H and O–H groups in total. The normalized spacial score (nSPS) is 18.5. The number of hydrogen-bond acceptors (Lipinski definition) is 3. The van der Waals surface area contributed by atoms with Crippen LogP contribution in [0.2, 0.25) is 5.02 Å². The lowest BCUT2D eigenvalue weighted by Gasteiger charge is -2.30. The smallest absolute Gasteiger partial charge is 0.416 e. The number of hydrogen-bond donors (Lipinski definition) is 1. The summed E-state index contributed by atoms with van der Waals surface area (Å²) in [5, 5.41) is 4.04. The molecule has 1 saturated heterocycles. The molecular formula is C25H24ClF3N2O. The highest BCUT2D eigenvalue weighted by Gasteiger charge is 2.32. The molecule has 1 aliphatic rings. The van der Waals surface area contributed by atoms with Crippen molar-refractivity contribution in [2.45, 2.75) is 18.8 Å². The molecule has 4 rings (SSSR count). The van der Waals surface area contributed by atoms with Crippen LogP contribution in [0.5, 0.6) is 5.75 Å². The van der Waals surface area contributed by atoms with Gasteiger partial charge in [-0.1, -0.05) is 41.9 Å². The molecular weight excluding hydrogens is 437 g/mol. The third kappa shape index (κ3) is 5.75. The van der Waals surface area contributed by atoms with Gasteiger partial charge in [0.25, 0.3) is 0 Å². The van der Waals surface area contributed by atoms with Gasteiger partial charge in [-0.3, -0.25) is 0 Å². The maximum Gasteiger partial charge on any atom is 0.416 e. The SMILES string of the molecule is FC(F)(F)c1ccc(O[C@H]2CNC[C@@H]2CN(Cc2ccccc2)c2ccc(Cl)cc2)cc1. The van der Waals surface area contributed by atoms with Gasteiger partial charge in [-0.2, -0.15) is 13.2 Å². The minimum atomic E-state index is -4.35. The third-order valence-corrected chi connectivity index (χ3v) is 5.86. The van der Waals surface area contributed by atoms with E-state index in [2.05, 4.69) is 22.3 Å². The number of benzene rings is 3. The van der Waals surface area contributed by atoms with Gasteiger partial charge in [-0.05, 0) is 54.1 Å². The summed E-state index contributed by atoms with van der Waals surface area (Å²) < 4.78 is 44.6. The average Bonchev–Trinajstić information content (AvgIpc) is 3.21. The van der Waals surface area contributed by atoms with Gasteiger partial charge in [-0.25, -0.2) is 0 Å². The standard InChI is InChI=1S/C25H24ClF3N2O/c26-21-8-10-22(11-9-21)31(16-18-4-2-1-3-5-18)17-19-14-30-15-24(19)32-23-12-6-20(7-13-23)25(27,28)29/h1-13,19,24,30H,14-17H2/t19-,24+/m1/s1. The number of nitrogens with one attached hydrogen (secondary N) is 1. The third-order valence-electron chi connectivity index (χ3n) is 5.61. The molecule has 1 heterocycles. The van der Waals surface area contributed by atoms with Crippen molar-refractivity contribution in [2.24, 2.45) is 5.92 Å². The monoisotopic (exact) mass is 460 g/mol.